The molecule has 1 unspecified atom stereocenters. The molecule has 0 radical (unpaired) electrons. The molecule has 0 bridgehead atoms. The van der Waals surface area contributed by atoms with Crippen molar-refractivity contribution in [2.75, 3.05) is 13.7 Å². The average molecular weight is 364 g/mol. The molecule has 0 fully saturated rings. The molecule has 6 nitrogen and oxygen atoms in total. The van der Waals surface area contributed by atoms with Crippen molar-refractivity contribution >= 4 is 10.8 Å². The number of aliphatic hydroxyl groups excluding tert-OH is 2. The van der Waals surface area contributed by atoms with Crippen LogP contribution in [-0.2, 0) is 6.54 Å². The summed E-state index contributed by atoms with van der Waals surface area (Å²) in [5.74, 6) is 0.577. The van der Waals surface area contributed by atoms with E-state index in [4.69, 9.17) is 4.74 Å². The lowest BCUT2D eigenvalue weighted by atomic mass is 9.95. The molecule has 0 aliphatic carbocycles. The fourth-order valence-electron chi connectivity index (χ4n) is 3.20. The number of nitriles is 1. The third-order valence-corrected chi connectivity index (χ3v) is 4.50. The van der Waals surface area contributed by atoms with E-state index in [9.17, 15) is 20.3 Å². The molecule has 0 aliphatic rings. The fraction of sp³-hybridized carbons (Fsp3) is 0.238. The fourth-order valence-corrected chi connectivity index (χ4v) is 3.20. The highest BCUT2D eigenvalue weighted by Crippen LogP contribution is 2.33. The highest BCUT2D eigenvalue weighted by molar-refractivity contribution is 5.99. The topological polar surface area (TPSA) is 95.5 Å². The number of ether oxygens (including phenoxy) is 1. The van der Waals surface area contributed by atoms with Crippen molar-refractivity contribution in [3.63, 3.8) is 0 Å². The van der Waals surface area contributed by atoms with Crippen molar-refractivity contribution in [2.24, 2.45) is 0 Å². The van der Waals surface area contributed by atoms with E-state index in [0.717, 1.165) is 11.1 Å². The largest absolute Gasteiger partial charge is 0.497 e. The van der Waals surface area contributed by atoms with Gasteiger partial charge in [0.05, 0.1) is 26.4 Å². The first-order chi connectivity index (χ1) is 13.0. The summed E-state index contributed by atoms with van der Waals surface area (Å²) in [4.78, 5) is 13.0. The van der Waals surface area contributed by atoms with Gasteiger partial charge in [0.15, 0.2) is 0 Å². The molecule has 6 heteroatoms. The van der Waals surface area contributed by atoms with Crippen molar-refractivity contribution in [3.8, 4) is 22.9 Å². The Kier molecular flexibility index (Phi) is 5.26. The highest BCUT2D eigenvalue weighted by atomic mass is 16.5. The molecule has 1 aromatic heterocycles. The van der Waals surface area contributed by atoms with Crippen molar-refractivity contribution in [1.82, 2.24) is 4.57 Å². The first kappa shape index (κ1) is 18.6. The highest BCUT2D eigenvalue weighted by Gasteiger charge is 2.20. The minimum absolute atomic E-state index is 0.138. The number of benzene rings is 2. The zero-order chi connectivity index (χ0) is 19.6. The van der Waals surface area contributed by atoms with E-state index in [1.807, 2.05) is 31.2 Å². The summed E-state index contributed by atoms with van der Waals surface area (Å²) in [7, 11) is 1.54. The Hall–Kier alpha value is -3.14. The lowest BCUT2D eigenvalue weighted by Crippen LogP contribution is -2.31. The van der Waals surface area contributed by atoms with Crippen LogP contribution >= 0.6 is 0 Å². The summed E-state index contributed by atoms with van der Waals surface area (Å²) in [6.07, 6.45) is -1.14. The summed E-state index contributed by atoms with van der Waals surface area (Å²) in [6.45, 7) is 1.28. The Balaban J connectivity index is 2.47. The molecule has 3 aromatic rings. The molecule has 0 spiro atoms. The number of pyridine rings is 1. The average Bonchev–Trinajstić information content (AvgIpc) is 2.69. The van der Waals surface area contributed by atoms with Gasteiger partial charge in [0.1, 0.15) is 17.5 Å². The Morgan fingerprint density at radius 1 is 1.22 bits per heavy atom. The second kappa shape index (κ2) is 7.62. The van der Waals surface area contributed by atoms with Gasteiger partial charge in [-0.25, -0.2) is 0 Å². The van der Waals surface area contributed by atoms with Gasteiger partial charge in [-0.05, 0) is 30.7 Å². The Labute approximate surface area is 156 Å². The van der Waals surface area contributed by atoms with Crippen LogP contribution < -0.4 is 10.3 Å². The molecule has 0 saturated carbocycles. The van der Waals surface area contributed by atoms with Crippen molar-refractivity contribution in [2.45, 2.75) is 19.6 Å². The third kappa shape index (κ3) is 3.43. The van der Waals surface area contributed by atoms with Crippen LogP contribution in [0.2, 0.25) is 0 Å². The lowest BCUT2D eigenvalue weighted by Gasteiger charge is -2.18. The molecular weight excluding hydrogens is 344 g/mol. The number of rotatable bonds is 5. The number of aromatic nitrogens is 1. The zero-order valence-corrected chi connectivity index (χ0v) is 15.1. The monoisotopic (exact) mass is 364 g/mol. The van der Waals surface area contributed by atoms with Crippen LogP contribution in [0.15, 0.2) is 47.3 Å². The number of methoxy groups -OCH3 is 1. The first-order valence-corrected chi connectivity index (χ1v) is 8.50. The summed E-state index contributed by atoms with van der Waals surface area (Å²) in [5.41, 5.74) is 2.14. The maximum absolute atomic E-state index is 13.0. The van der Waals surface area contributed by atoms with E-state index in [-0.39, 0.29) is 12.2 Å². The molecule has 2 N–H and O–H groups in total. The predicted octanol–water partition coefficient (Wildman–Crippen LogP) is 2.21. The van der Waals surface area contributed by atoms with Crippen LogP contribution in [0, 0.1) is 18.3 Å². The van der Waals surface area contributed by atoms with Gasteiger partial charge in [-0.3, -0.25) is 9.36 Å². The van der Waals surface area contributed by atoms with E-state index in [2.05, 4.69) is 6.07 Å². The van der Waals surface area contributed by atoms with Crippen LogP contribution in [0.25, 0.3) is 21.9 Å². The van der Waals surface area contributed by atoms with Crippen LogP contribution in [0.5, 0.6) is 5.75 Å². The predicted molar refractivity (Wildman–Crippen MR) is 103 cm³/mol. The normalized spacial score (nSPS) is 12.0. The van der Waals surface area contributed by atoms with Crippen molar-refractivity contribution in [1.29, 1.82) is 5.26 Å². The van der Waals surface area contributed by atoms with Gasteiger partial charge in [-0.15, -0.1) is 0 Å². The van der Waals surface area contributed by atoms with Crippen LogP contribution in [0.4, 0.5) is 0 Å². The second-order valence-electron chi connectivity index (χ2n) is 6.37. The minimum Gasteiger partial charge on any atom is -0.497 e. The zero-order valence-electron chi connectivity index (χ0n) is 15.1. The number of nitrogens with zero attached hydrogens (tertiary/aromatic N) is 2. The molecule has 27 heavy (non-hydrogen) atoms. The minimum atomic E-state index is -1.14. The van der Waals surface area contributed by atoms with Crippen molar-refractivity contribution in [3.05, 3.63) is 64.1 Å². The number of hydrogen-bond acceptors (Lipinski definition) is 5. The Morgan fingerprint density at radius 2 is 2.00 bits per heavy atom. The first-order valence-electron chi connectivity index (χ1n) is 8.50. The maximum atomic E-state index is 13.0. The van der Waals surface area contributed by atoms with Crippen LogP contribution in [0.3, 0.4) is 0 Å². The molecule has 138 valence electrons. The van der Waals surface area contributed by atoms with Crippen molar-refractivity contribution < 1.29 is 14.9 Å². The molecule has 2 aromatic carbocycles. The standard InChI is InChI=1S/C21H20N2O4/c1-13-4-3-5-14(8-13)20-18-9-16(27-2)6-7-17(18)21(26)23(19(20)10-22)11-15(25)12-24/h3-9,15,24-25H,11-12H2,1-2H3. The maximum Gasteiger partial charge on any atom is 0.259 e. The summed E-state index contributed by atoms with van der Waals surface area (Å²) in [5, 5.41) is 29.9. The summed E-state index contributed by atoms with van der Waals surface area (Å²) >= 11 is 0. The van der Waals surface area contributed by atoms with Crippen LogP contribution in [0.1, 0.15) is 11.3 Å². The van der Waals surface area contributed by atoms with E-state index in [1.165, 1.54) is 11.7 Å². The molecule has 3 rings (SSSR count). The van der Waals surface area contributed by atoms with Gasteiger partial charge in [0.2, 0.25) is 0 Å². The number of aryl methyl sites for hydroxylation is 1. The van der Waals surface area contributed by atoms with Gasteiger partial charge in [-0.1, -0.05) is 29.8 Å². The number of fused-ring (bicyclic) bond motifs is 1. The smallest absolute Gasteiger partial charge is 0.259 e. The molecule has 0 saturated heterocycles. The molecular formula is C21H20N2O4. The Bertz CT molecular complexity index is 1100. The Morgan fingerprint density at radius 3 is 2.63 bits per heavy atom. The van der Waals surface area contributed by atoms with Gasteiger partial charge >= 0.3 is 0 Å². The SMILES string of the molecule is COc1ccc2c(=O)n(CC(O)CO)c(C#N)c(-c3cccc(C)c3)c2c1. The molecule has 0 aliphatic heterocycles. The van der Waals surface area contributed by atoms with Gasteiger partial charge < -0.3 is 14.9 Å². The van der Waals surface area contributed by atoms with E-state index in [0.29, 0.717) is 22.1 Å². The third-order valence-electron chi connectivity index (χ3n) is 4.50. The number of hydrogen-bond donors (Lipinski definition) is 2. The molecule has 1 atom stereocenters. The van der Waals surface area contributed by atoms with Gasteiger partial charge in [0, 0.05) is 16.3 Å². The lowest BCUT2D eigenvalue weighted by molar-refractivity contribution is 0.0803. The van der Waals surface area contributed by atoms with E-state index in [1.54, 1.807) is 18.2 Å². The van der Waals surface area contributed by atoms with Crippen LogP contribution in [-0.4, -0.2) is 34.6 Å². The summed E-state index contributed by atoms with van der Waals surface area (Å²) in [6, 6.07) is 14.8. The van der Waals surface area contributed by atoms with Gasteiger partial charge in [0.25, 0.3) is 5.56 Å². The van der Waals surface area contributed by atoms with E-state index < -0.39 is 18.3 Å². The second-order valence-corrected chi connectivity index (χ2v) is 6.37. The molecule has 1 heterocycles. The number of aliphatic hydroxyl groups is 2. The van der Waals surface area contributed by atoms with Gasteiger partial charge in [-0.2, -0.15) is 5.26 Å². The summed E-state index contributed by atoms with van der Waals surface area (Å²) < 4.78 is 6.53. The van der Waals surface area contributed by atoms with E-state index >= 15 is 0 Å². The quantitative estimate of drug-likeness (QED) is 0.724. The molecule has 0 amide bonds.